The third-order valence-electron chi connectivity index (χ3n) is 4.66. The Hall–Kier alpha value is -0.830. The van der Waals surface area contributed by atoms with Crippen molar-refractivity contribution in [1.29, 1.82) is 0 Å². The molecule has 0 bridgehead atoms. The number of aromatic nitrogens is 2. The lowest BCUT2D eigenvalue weighted by atomic mass is 10.1. The number of hydrogen-bond donors (Lipinski definition) is 2. The average molecular weight is 544 g/mol. The van der Waals surface area contributed by atoms with Crippen LogP contribution in [-0.2, 0) is 0 Å². The summed E-state index contributed by atoms with van der Waals surface area (Å²) in [5.41, 5.74) is 3.01. The molecule has 0 saturated carbocycles. The fraction of sp³-hybridized carbons (Fsp3) is 0.250. The summed E-state index contributed by atoms with van der Waals surface area (Å²) in [6.07, 6.45) is 3.26. The standard InChI is InChI=1S/C20H18Br2ClN3OS/c21-15-3-1-12(9-16(15)22)18-11-24-20(25-18)13-2-4-17(23)19(10-13)28-26-7-5-14(27)6-8-26/h1-4,9-11,14,27H,5-8H2,(H,24,25). The molecular formula is C20H18Br2ClN3OS. The van der Waals surface area contributed by atoms with Crippen LogP contribution in [0.4, 0.5) is 0 Å². The third-order valence-corrected chi connectivity index (χ3v) is 8.14. The highest BCUT2D eigenvalue weighted by atomic mass is 79.9. The SMILES string of the molecule is OC1CCN(Sc2cc(-c3ncc(-c4ccc(Br)c(Br)c4)[nH]3)ccc2Cl)CC1. The zero-order valence-corrected chi connectivity index (χ0v) is 19.6. The van der Waals surface area contributed by atoms with Gasteiger partial charge in [-0.15, -0.1) is 0 Å². The molecule has 1 saturated heterocycles. The van der Waals surface area contributed by atoms with Crippen molar-refractivity contribution >= 4 is 55.4 Å². The van der Waals surface area contributed by atoms with Gasteiger partial charge in [0.15, 0.2) is 0 Å². The Bertz CT molecular complexity index is 989. The van der Waals surface area contributed by atoms with Crippen LogP contribution in [0.5, 0.6) is 0 Å². The second kappa shape index (κ2) is 8.90. The molecule has 1 aliphatic rings. The minimum atomic E-state index is -0.182. The first-order valence-corrected chi connectivity index (χ1v) is 11.6. The number of H-pyrrole nitrogens is 1. The van der Waals surface area contributed by atoms with Gasteiger partial charge in [-0.05, 0) is 87.0 Å². The predicted octanol–water partition coefficient (Wildman–Crippen LogP) is 6.39. The van der Waals surface area contributed by atoms with E-state index in [0.717, 1.165) is 67.4 Å². The zero-order valence-electron chi connectivity index (χ0n) is 14.8. The van der Waals surface area contributed by atoms with Crippen molar-refractivity contribution in [2.75, 3.05) is 13.1 Å². The molecule has 3 aromatic rings. The van der Waals surface area contributed by atoms with Gasteiger partial charge in [0.2, 0.25) is 0 Å². The van der Waals surface area contributed by atoms with Gasteiger partial charge in [0.05, 0.1) is 23.0 Å². The summed E-state index contributed by atoms with van der Waals surface area (Å²) in [4.78, 5) is 8.96. The smallest absolute Gasteiger partial charge is 0.137 e. The minimum absolute atomic E-state index is 0.182. The van der Waals surface area contributed by atoms with Crippen LogP contribution in [0, 0.1) is 0 Å². The number of rotatable bonds is 4. The van der Waals surface area contributed by atoms with Gasteiger partial charge < -0.3 is 10.1 Å². The first-order chi connectivity index (χ1) is 13.5. The molecule has 0 unspecified atom stereocenters. The number of benzene rings is 2. The average Bonchev–Trinajstić information content (AvgIpc) is 3.18. The minimum Gasteiger partial charge on any atom is -0.393 e. The summed E-state index contributed by atoms with van der Waals surface area (Å²) in [6.45, 7) is 1.71. The number of imidazole rings is 1. The molecule has 146 valence electrons. The van der Waals surface area contributed by atoms with E-state index < -0.39 is 0 Å². The van der Waals surface area contributed by atoms with E-state index in [1.807, 2.05) is 30.5 Å². The molecule has 0 atom stereocenters. The molecule has 8 heteroatoms. The topological polar surface area (TPSA) is 52.1 Å². The predicted molar refractivity (Wildman–Crippen MR) is 123 cm³/mol. The van der Waals surface area contributed by atoms with Crippen LogP contribution in [0.3, 0.4) is 0 Å². The molecule has 2 aromatic carbocycles. The molecule has 0 spiro atoms. The Morgan fingerprint density at radius 2 is 1.82 bits per heavy atom. The fourth-order valence-electron chi connectivity index (χ4n) is 3.07. The van der Waals surface area contributed by atoms with E-state index >= 15 is 0 Å². The molecule has 1 fully saturated rings. The van der Waals surface area contributed by atoms with Gasteiger partial charge in [0.25, 0.3) is 0 Å². The number of aromatic amines is 1. The van der Waals surface area contributed by atoms with Crippen molar-refractivity contribution < 1.29 is 5.11 Å². The van der Waals surface area contributed by atoms with E-state index in [0.29, 0.717) is 0 Å². The van der Waals surface area contributed by atoms with Crippen molar-refractivity contribution in [3.05, 3.63) is 56.6 Å². The summed E-state index contributed by atoms with van der Waals surface area (Å²) in [5.74, 6) is 0.807. The van der Waals surface area contributed by atoms with E-state index in [9.17, 15) is 5.11 Å². The van der Waals surface area contributed by atoms with Gasteiger partial charge in [-0.1, -0.05) is 17.7 Å². The Balaban J connectivity index is 1.56. The lowest BCUT2D eigenvalue weighted by Gasteiger charge is -2.28. The molecule has 2 heterocycles. The van der Waals surface area contributed by atoms with Crippen LogP contribution in [0.15, 0.2) is 56.4 Å². The normalized spacial score (nSPS) is 15.9. The molecule has 0 radical (unpaired) electrons. The number of nitrogens with zero attached hydrogens (tertiary/aromatic N) is 2. The summed E-state index contributed by atoms with van der Waals surface area (Å²) < 4.78 is 4.27. The van der Waals surface area contributed by atoms with Gasteiger partial charge >= 0.3 is 0 Å². The Labute approximate surface area is 190 Å². The van der Waals surface area contributed by atoms with E-state index in [2.05, 4.69) is 58.3 Å². The first kappa shape index (κ1) is 20.4. The molecule has 0 aliphatic carbocycles. The van der Waals surface area contributed by atoms with E-state index in [4.69, 9.17) is 11.6 Å². The first-order valence-electron chi connectivity index (χ1n) is 8.91. The number of halogens is 3. The zero-order chi connectivity index (χ0) is 19.7. The molecule has 4 rings (SSSR count). The molecule has 1 aliphatic heterocycles. The number of aliphatic hydroxyl groups is 1. The maximum atomic E-state index is 9.69. The maximum Gasteiger partial charge on any atom is 0.137 e. The van der Waals surface area contributed by atoms with E-state index in [1.54, 1.807) is 11.9 Å². The van der Waals surface area contributed by atoms with Crippen LogP contribution in [-0.4, -0.2) is 38.6 Å². The monoisotopic (exact) mass is 541 g/mol. The maximum absolute atomic E-state index is 9.69. The van der Waals surface area contributed by atoms with Crippen LogP contribution in [0.1, 0.15) is 12.8 Å². The van der Waals surface area contributed by atoms with Gasteiger partial charge in [-0.25, -0.2) is 9.29 Å². The van der Waals surface area contributed by atoms with Crippen molar-refractivity contribution in [1.82, 2.24) is 14.3 Å². The van der Waals surface area contributed by atoms with Crippen LogP contribution in [0.2, 0.25) is 5.02 Å². The molecule has 2 N–H and O–H groups in total. The largest absolute Gasteiger partial charge is 0.393 e. The van der Waals surface area contributed by atoms with Crippen molar-refractivity contribution in [3.8, 4) is 22.6 Å². The van der Waals surface area contributed by atoms with E-state index in [1.165, 1.54) is 0 Å². The van der Waals surface area contributed by atoms with Gasteiger partial charge in [-0.3, -0.25) is 0 Å². The molecule has 4 nitrogen and oxygen atoms in total. The number of hydrogen-bond acceptors (Lipinski definition) is 4. The molecular weight excluding hydrogens is 526 g/mol. The van der Waals surface area contributed by atoms with Crippen molar-refractivity contribution in [2.45, 2.75) is 23.8 Å². The number of nitrogens with one attached hydrogen (secondary N) is 1. The van der Waals surface area contributed by atoms with Gasteiger partial charge in [-0.2, -0.15) is 0 Å². The molecule has 28 heavy (non-hydrogen) atoms. The lowest BCUT2D eigenvalue weighted by molar-refractivity contribution is 0.116. The summed E-state index contributed by atoms with van der Waals surface area (Å²) in [7, 11) is 0. The summed E-state index contributed by atoms with van der Waals surface area (Å²) in [6, 6.07) is 12.1. The fourth-order valence-corrected chi connectivity index (χ4v) is 4.92. The highest BCUT2D eigenvalue weighted by Gasteiger charge is 2.19. The van der Waals surface area contributed by atoms with Crippen LogP contribution in [0.25, 0.3) is 22.6 Å². The quantitative estimate of drug-likeness (QED) is 0.375. The molecule has 0 amide bonds. The Morgan fingerprint density at radius 1 is 1.07 bits per heavy atom. The van der Waals surface area contributed by atoms with Crippen molar-refractivity contribution in [3.63, 3.8) is 0 Å². The summed E-state index contributed by atoms with van der Waals surface area (Å²) in [5, 5.41) is 10.4. The lowest BCUT2D eigenvalue weighted by Crippen LogP contribution is -2.31. The Morgan fingerprint density at radius 3 is 2.57 bits per heavy atom. The van der Waals surface area contributed by atoms with E-state index in [-0.39, 0.29) is 6.10 Å². The second-order valence-electron chi connectivity index (χ2n) is 6.67. The Kier molecular flexibility index (Phi) is 6.50. The van der Waals surface area contributed by atoms with Crippen LogP contribution >= 0.6 is 55.4 Å². The third kappa shape index (κ3) is 4.66. The molecule has 1 aromatic heterocycles. The van der Waals surface area contributed by atoms with Gasteiger partial charge in [0, 0.05) is 38.1 Å². The number of piperidine rings is 1. The summed E-state index contributed by atoms with van der Waals surface area (Å²) >= 11 is 15.1. The van der Waals surface area contributed by atoms with Crippen molar-refractivity contribution in [2.24, 2.45) is 0 Å². The van der Waals surface area contributed by atoms with Gasteiger partial charge in [0.1, 0.15) is 5.82 Å². The highest BCUT2D eigenvalue weighted by Crippen LogP contribution is 2.35. The van der Waals surface area contributed by atoms with Crippen LogP contribution < -0.4 is 0 Å². The second-order valence-corrected chi connectivity index (χ2v) is 9.93. The number of aliphatic hydroxyl groups excluding tert-OH is 1. The highest BCUT2D eigenvalue weighted by molar-refractivity contribution is 9.13.